The van der Waals surface area contributed by atoms with Crippen molar-refractivity contribution in [2.75, 3.05) is 19.3 Å². The third kappa shape index (κ3) is 5.43. The SMILES string of the molecule is CCN(C)/C=N\c1cc(C)c(C(CSc2ccccc2)=C(F)F)cc1C. The van der Waals surface area contributed by atoms with Crippen LogP contribution >= 0.6 is 11.8 Å². The van der Waals surface area contributed by atoms with Crippen molar-refractivity contribution in [2.45, 2.75) is 25.7 Å². The molecule has 0 N–H and O–H groups in total. The van der Waals surface area contributed by atoms with Gasteiger partial charge in [0.05, 0.1) is 12.0 Å². The summed E-state index contributed by atoms with van der Waals surface area (Å²) in [5.41, 5.74) is 3.17. The van der Waals surface area contributed by atoms with Gasteiger partial charge in [-0.25, -0.2) is 4.99 Å². The van der Waals surface area contributed by atoms with Crippen LogP contribution in [0.4, 0.5) is 14.5 Å². The van der Waals surface area contributed by atoms with Crippen LogP contribution in [0.2, 0.25) is 0 Å². The van der Waals surface area contributed by atoms with E-state index in [1.165, 1.54) is 11.8 Å². The largest absolute Gasteiger partial charge is 0.366 e. The number of aliphatic imine (C=N–C) groups is 1. The van der Waals surface area contributed by atoms with Crippen molar-refractivity contribution < 1.29 is 8.78 Å². The first-order chi connectivity index (χ1) is 12.4. The molecule has 0 unspecified atom stereocenters. The van der Waals surface area contributed by atoms with Gasteiger partial charge in [0.1, 0.15) is 0 Å². The van der Waals surface area contributed by atoms with Crippen molar-refractivity contribution in [1.29, 1.82) is 0 Å². The summed E-state index contributed by atoms with van der Waals surface area (Å²) in [5.74, 6) is 0.230. The molecule has 0 heterocycles. The minimum absolute atomic E-state index is 0.0839. The van der Waals surface area contributed by atoms with Gasteiger partial charge in [-0.3, -0.25) is 0 Å². The molecule has 0 aliphatic heterocycles. The average molecular weight is 375 g/mol. The van der Waals surface area contributed by atoms with Gasteiger partial charge in [-0.15, -0.1) is 11.8 Å². The molecule has 5 heteroatoms. The minimum atomic E-state index is -1.63. The predicted molar refractivity (Wildman–Crippen MR) is 109 cm³/mol. The third-order valence-corrected chi connectivity index (χ3v) is 5.15. The average Bonchev–Trinajstić information content (AvgIpc) is 2.63. The van der Waals surface area contributed by atoms with E-state index in [4.69, 9.17) is 0 Å². The Kier molecular flexibility index (Phi) is 7.39. The first kappa shape index (κ1) is 20.2. The summed E-state index contributed by atoms with van der Waals surface area (Å²) in [6.07, 6.45) is 0.136. The van der Waals surface area contributed by atoms with Crippen LogP contribution in [0.25, 0.3) is 5.57 Å². The van der Waals surface area contributed by atoms with E-state index < -0.39 is 6.08 Å². The van der Waals surface area contributed by atoms with E-state index in [1.54, 1.807) is 6.34 Å². The highest BCUT2D eigenvalue weighted by Crippen LogP contribution is 2.33. The van der Waals surface area contributed by atoms with Crippen molar-refractivity contribution in [1.82, 2.24) is 4.90 Å². The Labute approximate surface area is 158 Å². The zero-order valence-corrected chi connectivity index (χ0v) is 16.4. The number of aryl methyl sites for hydroxylation is 2. The Bertz CT molecular complexity index is 797. The monoisotopic (exact) mass is 374 g/mol. The Hall–Kier alpha value is -2.14. The Morgan fingerprint density at radius 3 is 2.42 bits per heavy atom. The fraction of sp³-hybridized carbons (Fsp3) is 0.286. The van der Waals surface area contributed by atoms with Gasteiger partial charge in [0.15, 0.2) is 0 Å². The maximum atomic E-state index is 13.6. The minimum Gasteiger partial charge on any atom is -0.366 e. The molecule has 0 aliphatic carbocycles. The lowest BCUT2D eigenvalue weighted by atomic mass is 9.99. The normalized spacial score (nSPS) is 11.0. The number of nitrogens with zero attached hydrogens (tertiary/aromatic N) is 2. The predicted octanol–water partition coefficient (Wildman–Crippen LogP) is 6.31. The van der Waals surface area contributed by atoms with Crippen LogP contribution in [-0.2, 0) is 0 Å². The van der Waals surface area contributed by atoms with E-state index in [1.807, 2.05) is 75.2 Å². The lowest BCUT2D eigenvalue weighted by molar-refractivity contribution is 0.425. The number of hydrogen-bond acceptors (Lipinski definition) is 2. The topological polar surface area (TPSA) is 15.6 Å². The molecule has 0 aromatic heterocycles. The molecule has 2 aromatic carbocycles. The molecule has 2 aromatic rings. The molecule has 138 valence electrons. The highest BCUT2D eigenvalue weighted by atomic mass is 32.2. The van der Waals surface area contributed by atoms with Crippen LogP contribution in [0, 0.1) is 13.8 Å². The lowest BCUT2D eigenvalue weighted by Crippen LogP contribution is -2.14. The number of hydrogen-bond donors (Lipinski definition) is 0. The fourth-order valence-electron chi connectivity index (χ4n) is 2.41. The maximum Gasteiger partial charge on any atom is 0.274 e. The van der Waals surface area contributed by atoms with Crippen molar-refractivity contribution in [2.24, 2.45) is 4.99 Å². The molecule has 0 aliphatic rings. The van der Waals surface area contributed by atoms with Crippen molar-refractivity contribution >= 4 is 29.4 Å². The van der Waals surface area contributed by atoms with E-state index in [-0.39, 0.29) is 11.3 Å². The van der Waals surface area contributed by atoms with Gasteiger partial charge in [0, 0.05) is 29.8 Å². The number of benzene rings is 2. The van der Waals surface area contributed by atoms with Crippen LogP contribution in [0.15, 0.2) is 58.4 Å². The molecule has 0 spiro atoms. The van der Waals surface area contributed by atoms with Gasteiger partial charge in [-0.1, -0.05) is 18.2 Å². The van der Waals surface area contributed by atoms with Gasteiger partial charge >= 0.3 is 0 Å². The Morgan fingerprint density at radius 1 is 1.12 bits per heavy atom. The van der Waals surface area contributed by atoms with Gasteiger partial charge in [0.25, 0.3) is 6.08 Å². The zero-order chi connectivity index (χ0) is 19.1. The van der Waals surface area contributed by atoms with Gasteiger partial charge < -0.3 is 4.90 Å². The second-order valence-corrected chi connectivity index (χ2v) is 7.16. The third-order valence-electron chi connectivity index (χ3n) is 4.12. The quantitative estimate of drug-likeness (QED) is 0.320. The van der Waals surface area contributed by atoms with Crippen molar-refractivity contribution in [3.8, 4) is 0 Å². The molecule has 0 bridgehead atoms. The summed E-state index contributed by atoms with van der Waals surface area (Å²) < 4.78 is 27.3. The van der Waals surface area contributed by atoms with Crippen LogP contribution in [0.5, 0.6) is 0 Å². The summed E-state index contributed by atoms with van der Waals surface area (Å²) in [6.45, 7) is 6.65. The molecule has 0 saturated carbocycles. The smallest absolute Gasteiger partial charge is 0.274 e. The molecule has 0 fully saturated rings. The molecule has 0 saturated heterocycles. The van der Waals surface area contributed by atoms with Gasteiger partial charge in [0.2, 0.25) is 0 Å². The van der Waals surface area contributed by atoms with E-state index >= 15 is 0 Å². The highest BCUT2D eigenvalue weighted by Gasteiger charge is 2.14. The first-order valence-electron chi connectivity index (χ1n) is 8.50. The molecule has 2 rings (SSSR count). The fourth-order valence-corrected chi connectivity index (χ4v) is 3.34. The van der Waals surface area contributed by atoms with Crippen LogP contribution in [0.3, 0.4) is 0 Å². The van der Waals surface area contributed by atoms with Gasteiger partial charge in [-0.05, 0) is 61.7 Å². The lowest BCUT2D eigenvalue weighted by Gasteiger charge is -2.14. The second kappa shape index (κ2) is 9.53. The first-order valence-corrected chi connectivity index (χ1v) is 9.49. The van der Waals surface area contributed by atoms with E-state index in [2.05, 4.69) is 4.99 Å². The van der Waals surface area contributed by atoms with E-state index in [9.17, 15) is 8.78 Å². The number of thioether (sulfide) groups is 1. The number of rotatable bonds is 7. The standard InChI is InChI=1S/C21H24F2N2S/c1-5-25(4)14-24-20-12-15(2)18(11-16(20)3)19(21(22)23)13-26-17-9-7-6-8-10-17/h6-12,14H,5,13H2,1-4H3/b24-14-. The van der Waals surface area contributed by atoms with Crippen LogP contribution in [-0.4, -0.2) is 30.6 Å². The molecular formula is C21H24F2N2S. The van der Waals surface area contributed by atoms with Crippen molar-refractivity contribution in [3.05, 3.63) is 65.2 Å². The van der Waals surface area contributed by atoms with Crippen LogP contribution < -0.4 is 0 Å². The Balaban J connectivity index is 2.28. The number of halogens is 2. The molecule has 0 amide bonds. The van der Waals surface area contributed by atoms with Gasteiger partial charge in [-0.2, -0.15) is 8.78 Å². The second-order valence-electron chi connectivity index (χ2n) is 6.11. The molecule has 2 nitrogen and oxygen atoms in total. The summed E-state index contributed by atoms with van der Waals surface area (Å²) in [4.78, 5) is 7.41. The van der Waals surface area contributed by atoms with Crippen LogP contribution in [0.1, 0.15) is 23.6 Å². The van der Waals surface area contributed by atoms with E-state index in [0.717, 1.165) is 28.3 Å². The summed E-state index contributed by atoms with van der Waals surface area (Å²) in [5, 5.41) is 0. The molecule has 26 heavy (non-hydrogen) atoms. The van der Waals surface area contributed by atoms with E-state index in [0.29, 0.717) is 5.56 Å². The summed E-state index contributed by atoms with van der Waals surface area (Å²) in [7, 11) is 1.94. The highest BCUT2D eigenvalue weighted by molar-refractivity contribution is 7.99. The molecule has 0 atom stereocenters. The zero-order valence-electron chi connectivity index (χ0n) is 15.6. The van der Waals surface area contributed by atoms with Crippen molar-refractivity contribution in [3.63, 3.8) is 0 Å². The summed E-state index contributed by atoms with van der Waals surface area (Å²) in [6, 6.07) is 13.3. The molecular weight excluding hydrogens is 350 g/mol. The maximum absolute atomic E-state index is 13.6. The Morgan fingerprint density at radius 2 is 1.81 bits per heavy atom. The molecule has 0 radical (unpaired) electrons. The summed E-state index contributed by atoms with van der Waals surface area (Å²) >= 11 is 1.41.